The summed E-state index contributed by atoms with van der Waals surface area (Å²) in [7, 11) is -0.383. The fourth-order valence-electron chi connectivity index (χ4n) is 6.23. The summed E-state index contributed by atoms with van der Waals surface area (Å²) in [5.74, 6) is 1.15. The normalized spacial score (nSPS) is 24.5. The van der Waals surface area contributed by atoms with Crippen molar-refractivity contribution < 1.29 is 14.0 Å². The zero-order valence-electron chi connectivity index (χ0n) is 20.3. The molecule has 0 N–H and O–H groups in total. The van der Waals surface area contributed by atoms with Crippen LogP contribution in [0.5, 0.6) is 5.75 Å². The van der Waals surface area contributed by atoms with Gasteiger partial charge in [0.1, 0.15) is 11.9 Å². The second-order valence-corrected chi connectivity index (χ2v) is 11.2. The van der Waals surface area contributed by atoms with Gasteiger partial charge in [-0.2, -0.15) is 0 Å². The molecule has 5 heteroatoms. The fraction of sp³-hybridized carbons (Fsp3) is 0.267. The lowest BCUT2D eigenvalue weighted by atomic mass is 9.73. The maximum atomic E-state index is 6.73. The van der Waals surface area contributed by atoms with Gasteiger partial charge in [-0.1, -0.05) is 54.6 Å². The summed E-state index contributed by atoms with van der Waals surface area (Å²) in [6, 6.07) is 19.7. The predicted octanol–water partition coefficient (Wildman–Crippen LogP) is 6.81. The molecule has 2 atom stereocenters. The van der Waals surface area contributed by atoms with E-state index in [1.807, 2.05) is 0 Å². The van der Waals surface area contributed by atoms with E-state index in [4.69, 9.17) is 14.0 Å². The molecule has 0 radical (unpaired) electrons. The molecule has 8 rings (SSSR count). The quantitative estimate of drug-likeness (QED) is 0.258. The van der Waals surface area contributed by atoms with Crippen molar-refractivity contribution in [2.24, 2.45) is 0 Å². The van der Waals surface area contributed by atoms with Crippen LogP contribution in [0.4, 0.5) is 0 Å². The second-order valence-electron chi connectivity index (χ2n) is 11.2. The first-order chi connectivity index (χ1) is 16.8. The van der Waals surface area contributed by atoms with Crippen LogP contribution in [-0.4, -0.2) is 28.8 Å². The molecule has 2 aromatic heterocycles. The highest BCUT2D eigenvalue weighted by Crippen LogP contribution is 2.53. The molecule has 35 heavy (non-hydrogen) atoms. The van der Waals surface area contributed by atoms with Crippen molar-refractivity contribution in [3.63, 3.8) is 0 Å². The number of para-hydroxylation sites is 1. The lowest BCUT2D eigenvalue weighted by Gasteiger charge is -2.32. The van der Waals surface area contributed by atoms with Gasteiger partial charge in [-0.05, 0) is 62.1 Å². The maximum absolute atomic E-state index is 6.73. The number of fused-ring (bicyclic) bond motifs is 10. The third-order valence-corrected chi connectivity index (χ3v) is 8.68. The van der Waals surface area contributed by atoms with Crippen LogP contribution in [-0.2, 0) is 9.31 Å². The lowest BCUT2D eigenvalue weighted by molar-refractivity contribution is 0.00578. The van der Waals surface area contributed by atoms with E-state index in [2.05, 4.69) is 105 Å². The van der Waals surface area contributed by atoms with Crippen molar-refractivity contribution in [3.8, 4) is 5.75 Å². The molecule has 0 amide bonds. The molecular weight excluding hydrogens is 433 g/mol. The lowest BCUT2D eigenvalue weighted by Crippen LogP contribution is -2.41. The Hall–Kier alpha value is -3.28. The topological polar surface area (TPSA) is 32.1 Å². The van der Waals surface area contributed by atoms with E-state index in [0.717, 1.165) is 11.2 Å². The Balaban J connectivity index is 1.33. The van der Waals surface area contributed by atoms with E-state index < -0.39 is 0 Å². The summed E-state index contributed by atoms with van der Waals surface area (Å²) in [6.45, 7) is 8.37. The largest absolute Gasteiger partial charge is 0.494 e. The third-order valence-electron chi connectivity index (χ3n) is 8.68. The zero-order chi connectivity index (χ0) is 23.7. The van der Waals surface area contributed by atoms with Crippen molar-refractivity contribution in [1.82, 2.24) is 4.40 Å². The van der Waals surface area contributed by atoms with E-state index in [-0.39, 0.29) is 30.3 Å². The number of hydrogen-bond acceptors (Lipinski definition) is 3. The van der Waals surface area contributed by atoms with Crippen LogP contribution in [0.15, 0.2) is 78.3 Å². The third kappa shape index (κ3) is 2.40. The van der Waals surface area contributed by atoms with Crippen LogP contribution >= 0.6 is 0 Å². The van der Waals surface area contributed by atoms with Crippen LogP contribution in [0.25, 0.3) is 38.0 Å². The highest BCUT2D eigenvalue weighted by molar-refractivity contribution is 6.55. The average Bonchev–Trinajstić information content (AvgIpc) is 3.52. The molecule has 0 saturated carbocycles. The molecule has 2 unspecified atom stereocenters. The van der Waals surface area contributed by atoms with Crippen molar-refractivity contribution in [2.75, 3.05) is 0 Å². The van der Waals surface area contributed by atoms with Crippen molar-refractivity contribution in [2.45, 2.75) is 50.9 Å². The molecule has 4 heterocycles. The molecule has 4 nitrogen and oxygen atoms in total. The first-order valence-electron chi connectivity index (χ1n) is 12.5. The maximum Gasteiger partial charge on any atom is 0.494 e. The summed E-state index contributed by atoms with van der Waals surface area (Å²) in [5.41, 5.74) is 4.05. The highest BCUT2D eigenvalue weighted by Gasteiger charge is 2.53. The Labute approximate surface area is 204 Å². The van der Waals surface area contributed by atoms with Crippen LogP contribution in [0.3, 0.4) is 0 Å². The summed E-state index contributed by atoms with van der Waals surface area (Å²) >= 11 is 0. The van der Waals surface area contributed by atoms with Crippen LogP contribution < -0.4 is 4.74 Å². The van der Waals surface area contributed by atoms with Crippen molar-refractivity contribution >= 4 is 45.1 Å². The van der Waals surface area contributed by atoms with Crippen molar-refractivity contribution in [3.05, 3.63) is 84.0 Å². The van der Waals surface area contributed by atoms with Gasteiger partial charge in [0.05, 0.1) is 33.8 Å². The van der Waals surface area contributed by atoms with Crippen molar-refractivity contribution in [1.29, 1.82) is 0 Å². The number of benzene rings is 3. The molecular formula is C30H26BNO3. The molecule has 1 saturated heterocycles. The number of allylic oxidation sites excluding steroid dienone is 2. The van der Waals surface area contributed by atoms with Gasteiger partial charge in [-0.25, -0.2) is 0 Å². The standard InChI is InChI=1S/C30H26BNO3/c1-29(2)30(3,4)35-31(34-29)18-13-14-21-24(16-18)33-28-22-15-17-9-5-6-10-19(17)25-20-11-7-8-12-23(20)32(26(22)25)27(21)28/h5-16,21,24H,1-4H3. The molecule has 5 aromatic rings. The van der Waals surface area contributed by atoms with E-state index >= 15 is 0 Å². The summed E-state index contributed by atoms with van der Waals surface area (Å²) < 4.78 is 21.8. The van der Waals surface area contributed by atoms with Gasteiger partial charge in [0.2, 0.25) is 0 Å². The summed E-state index contributed by atoms with van der Waals surface area (Å²) in [4.78, 5) is 0. The van der Waals surface area contributed by atoms with Crippen LogP contribution in [0.1, 0.15) is 39.3 Å². The number of nitrogens with zero attached hydrogens (tertiary/aromatic N) is 1. The molecule has 3 aliphatic rings. The Morgan fingerprint density at radius 3 is 2.37 bits per heavy atom. The van der Waals surface area contributed by atoms with Gasteiger partial charge in [-0.15, -0.1) is 0 Å². The van der Waals surface area contributed by atoms with Gasteiger partial charge < -0.3 is 18.4 Å². The molecule has 172 valence electrons. The monoisotopic (exact) mass is 459 g/mol. The van der Waals surface area contributed by atoms with E-state index in [9.17, 15) is 0 Å². The Morgan fingerprint density at radius 2 is 1.57 bits per heavy atom. The van der Waals surface area contributed by atoms with Gasteiger partial charge in [0.15, 0.2) is 0 Å². The highest BCUT2D eigenvalue weighted by atomic mass is 16.7. The van der Waals surface area contributed by atoms with Gasteiger partial charge in [-0.3, -0.25) is 0 Å². The number of ether oxygens (including phenoxy) is 1. The summed E-state index contributed by atoms with van der Waals surface area (Å²) in [5, 5.41) is 6.34. The molecule has 0 spiro atoms. The molecule has 2 aliphatic heterocycles. The minimum absolute atomic E-state index is 0.0742. The average molecular weight is 459 g/mol. The van der Waals surface area contributed by atoms with E-state index in [1.165, 1.54) is 43.7 Å². The first kappa shape index (κ1) is 20.0. The first-order valence-corrected chi connectivity index (χ1v) is 12.5. The van der Waals surface area contributed by atoms with Crippen LogP contribution in [0.2, 0.25) is 0 Å². The van der Waals surface area contributed by atoms with E-state index in [0.29, 0.717) is 0 Å². The van der Waals surface area contributed by atoms with E-state index in [1.54, 1.807) is 0 Å². The number of aromatic nitrogens is 1. The Morgan fingerprint density at radius 1 is 0.857 bits per heavy atom. The van der Waals surface area contributed by atoms with Gasteiger partial charge in [0.25, 0.3) is 0 Å². The Bertz CT molecular complexity index is 1740. The molecule has 0 bridgehead atoms. The number of hydrogen-bond donors (Lipinski definition) is 0. The second kappa shape index (κ2) is 6.28. The van der Waals surface area contributed by atoms with Crippen LogP contribution in [0, 0.1) is 0 Å². The van der Waals surface area contributed by atoms with Gasteiger partial charge in [0, 0.05) is 16.2 Å². The zero-order valence-corrected chi connectivity index (χ0v) is 20.3. The predicted molar refractivity (Wildman–Crippen MR) is 142 cm³/mol. The van der Waals surface area contributed by atoms with Gasteiger partial charge >= 0.3 is 7.12 Å². The SMILES string of the molecule is CC1(C)OB(C2=CC3Oc4c(n5c6ccccc6c6c7ccccc7cc4c65)C3C=C2)OC1(C)C. The summed E-state index contributed by atoms with van der Waals surface area (Å²) in [6.07, 6.45) is 6.58. The number of rotatable bonds is 1. The fourth-order valence-corrected chi connectivity index (χ4v) is 6.23. The molecule has 1 aliphatic carbocycles. The Kier molecular flexibility index (Phi) is 3.59. The molecule has 3 aromatic carbocycles. The molecule has 1 fully saturated rings. The minimum Gasteiger partial charge on any atom is -0.483 e. The minimum atomic E-state index is -0.383. The smallest absolute Gasteiger partial charge is 0.483 e.